The highest BCUT2D eigenvalue weighted by Gasteiger charge is 2.53. The molecule has 2 atom stereocenters. The van der Waals surface area contributed by atoms with Crippen molar-refractivity contribution in [2.75, 3.05) is 13.1 Å². The average molecular weight is 415 g/mol. The SMILES string of the molecule is O=C1C2CC=CCC2C(=O)N1C1CN(S(=O)(=O)c2cc(Cl)ccc2Cl)C1. The molecule has 3 aliphatic rings. The molecule has 2 heterocycles. The molecule has 0 spiro atoms. The van der Waals surface area contributed by atoms with E-state index >= 15 is 0 Å². The second-order valence-corrected chi connectivity index (χ2v) is 9.50. The maximum Gasteiger partial charge on any atom is 0.244 e. The molecule has 26 heavy (non-hydrogen) atoms. The van der Waals surface area contributed by atoms with Gasteiger partial charge in [0, 0.05) is 18.1 Å². The van der Waals surface area contributed by atoms with Gasteiger partial charge >= 0.3 is 0 Å². The molecule has 1 aromatic rings. The number of nitrogens with zero attached hydrogens (tertiary/aromatic N) is 2. The number of fused-ring (bicyclic) bond motifs is 1. The number of benzene rings is 1. The highest BCUT2D eigenvalue weighted by atomic mass is 35.5. The summed E-state index contributed by atoms with van der Waals surface area (Å²) in [6, 6.07) is 3.82. The van der Waals surface area contributed by atoms with E-state index in [0.29, 0.717) is 12.8 Å². The maximum atomic E-state index is 12.7. The Morgan fingerprint density at radius 2 is 1.54 bits per heavy atom. The van der Waals surface area contributed by atoms with Gasteiger partial charge in [-0.2, -0.15) is 4.31 Å². The van der Waals surface area contributed by atoms with Crippen molar-refractivity contribution in [3.63, 3.8) is 0 Å². The zero-order valence-electron chi connectivity index (χ0n) is 13.6. The van der Waals surface area contributed by atoms with Crippen LogP contribution in [0.5, 0.6) is 0 Å². The number of likely N-dealkylation sites (tertiary alicyclic amines) is 1. The van der Waals surface area contributed by atoms with Crippen molar-refractivity contribution in [2.24, 2.45) is 11.8 Å². The number of sulfonamides is 1. The Morgan fingerprint density at radius 1 is 0.962 bits per heavy atom. The molecule has 138 valence electrons. The molecule has 1 aliphatic carbocycles. The largest absolute Gasteiger partial charge is 0.276 e. The molecule has 0 N–H and O–H groups in total. The van der Waals surface area contributed by atoms with E-state index in [4.69, 9.17) is 23.2 Å². The van der Waals surface area contributed by atoms with E-state index < -0.39 is 16.1 Å². The van der Waals surface area contributed by atoms with Gasteiger partial charge < -0.3 is 0 Å². The molecule has 1 aromatic carbocycles. The van der Waals surface area contributed by atoms with Crippen molar-refractivity contribution in [1.82, 2.24) is 9.21 Å². The summed E-state index contributed by atoms with van der Waals surface area (Å²) in [7, 11) is -3.82. The van der Waals surface area contributed by atoms with Gasteiger partial charge in [-0.1, -0.05) is 35.4 Å². The van der Waals surface area contributed by atoms with Gasteiger partial charge in [-0.05, 0) is 31.0 Å². The standard InChI is InChI=1S/C17H16Cl2N2O4S/c18-10-5-6-14(19)15(7-10)26(24,25)20-8-11(9-20)21-16(22)12-3-1-2-4-13(12)17(21)23/h1-2,5-7,11-13H,3-4,8-9H2. The minimum Gasteiger partial charge on any atom is -0.276 e. The number of hydrogen-bond donors (Lipinski definition) is 0. The predicted molar refractivity (Wildman–Crippen MR) is 96.2 cm³/mol. The first-order valence-electron chi connectivity index (χ1n) is 8.28. The van der Waals surface area contributed by atoms with Crippen molar-refractivity contribution < 1.29 is 18.0 Å². The third kappa shape index (κ3) is 2.69. The lowest BCUT2D eigenvalue weighted by Gasteiger charge is -2.42. The van der Waals surface area contributed by atoms with Gasteiger partial charge in [-0.15, -0.1) is 0 Å². The number of amides is 2. The van der Waals surface area contributed by atoms with Crippen LogP contribution in [-0.4, -0.2) is 48.6 Å². The molecule has 2 unspecified atom stereocenters. The fraction of sp³-hybridized carbons (Fsp3) is 0.412. The van der Waals surface area contributed by atoms with E-state index in [0.717, 1.165) is 0 Å². The predicted octanol–water partition coefficient (Wildman–Crippen LogP) is 2.32. The smallest absolute Gasteiger partial charge is 0.244 e. The number of carbonyl (C=O) groups excluding carboxylic acids is 2. The fourth-order valence-electron chi connectivity index (χ4n) is 3.78. The summed E-state index contributed by atoms with van der Waals surface area (Å²) in [6.07, 6.45) is 4.99. The highest BCUT2D eigenvalue weighted by Crippen LogP contribution is 2.38. The minimum atomic E-state index is -3.82. The fourth-order valence-corrected chi connectivity index (χ4v) is 6.03. The zero-order valence-corrected chi connectivity index (χ0v) is 16.0. The molecular formula is C17H16Cl2N2O4S. The Bertz CT molecular complexity index is 899. The molecule has 4 rings (SSSR count). The number of halogens is 2. The summed E-state index contributed by atoms with van der Waals surface area (Å²) >= 11 is 11.9. The second kappa shape index (κ2) is 6.34. The van der Waals surface area contributed by atoms with Crippen LogP contribution in [0.25, 0.3) is 0 Å². The number of allylic oxidation sites excluding steroid dienone is 2. The molecular weight excluding hydrogens is 399 g/mol. The Labute approximate surface area is 161 Å². The third-order valence-electron chi connectivity index (χ3n) is 5.25. The van der Waals surface area contributed by atoms with E-state index in [-0.39, 0.29) is 51.7 Å². The first-order chi connectivity index (χ1) is 12.3. The average Bonchev–Trinajstić information content (AvgIpc) is 2.81. The van der Waals surface area contributed by atoms with Gasteiger partial charge in [0.05, 0.1) is 22.9 Å². The Morgan fingerprint density at radius 3 is 2.12 bits per heavy atom. The minimum absolute atomic E-state index is 0.0675. The first-order valence-corrected chi connectivity index (χ1v) is 10.5. The number of rotatable bonds is 3. The Kier molecular flexibility index (Phi) is 4.38. The molecule has 2 fully saturated rings. The Balaban J connectivity index is 1.51. The van der Waals surface area contributed by atoms with Gasteiger partial charge in [0.15, 0.2) is 0 Å². The van der Waals surface area contributed by atoms with Crippen molar-refractivity contribution in [3.05, 3.63) is 40.4 Å². The van der Waals surface area contributed by atoms with Crippen LogP contribution in [-0.2, 0) is 19.6 Å². The van der Waals surface area contributed by atoms with Crippen LogP contribution in [0, 0.1) is 11.8 Å². The molecule has 0 saturated carbocycles. The zero-order chi connectivity index (χ0) is 18.6. The van der Waals surface area contributed by atoms with Crippen LogP contribution in [0.1, 0.15) is 12.8 Å². The molecule has 6 nitrogen and oxygen atoms in total. The monoisotopic (exact) mass is 414 g/mol. The van der Waals surface area contributed by atoms with E-state index in [1.54, 1.807) is 0 Å². The van der Waals surface area contributed by atoms with Gasteiger partial charge in [0.25, 0.3) is 0 Å². The maximum absolute atomic E-state index is 12.7. The molecule has 0 bridgehead atoms. The highest BCUT2D eigenvalue weighted by molar-refractivity contribution is 7.89. The Hall–Kier alpha value is -1.41. The summed E-state index contributed by atoms with van der Waals surface area (Å²) in [6.45, 7) is 0.158. The second-order valence-electron chi connectivity index (χ2n) is 6.75. The van der Waals surface area contributed by atoms with Gasteiger partial charge in [0.1, 0.15) is 4.90 Å². The molecule has 2 aliphatic heterocycles. The first kappa shape index (κ1) is 18.0. The van der Waals surface area contributed by atoms with Crippen LogP contribution >= 0.6 is 23.2 Å². The normalized spacial score (nSPS) is 26.9. The van der Waals surface area contributed by atoms with E-state index in [1.807, 2.05) is 12.2 Å². The summed E-state index contributed by atoms with van der Waals surface area (Å²) in [4.78, 5) is 26.4. The summed E-state index contributed by atoms with van der Waals surface area (Å²) in [5.74, 6) is -0.986. The molecule has 2 saturated heterocycles. The van der Waals surface area contributed by atoms with Crippen molar-refractivity contribution in [1.29, 1.82) is 0 Å². The van der Waals surface area contributed by atoms with Crippen molar-refractivity contribution >= 4 is 45.0 Å². The number of carbonyl (C=O) groups is 2. The van der Waals surface area contributed by atoms with Crippen LogP contribution in [0.3, 0.4) is 0 Å². The third-order valence-corrected chi connectivity index (χ3v) is 7.79. The number of hydrogen-bond acceptors (Lipinski definition) is 4. The van der Waals surface area contributed by atoms with Crippen LogP contribution < -0.4 is 0 Å². The van der Waals surface area contributed by atoms with E-state index in [1.165, 1.54) is 27.4 Å². The molecule has 9 heteroatoms. The molecule has 2 amide bonds. The molecule has 0 aromatic heterocycles. The van der Waals surface area contributed by atoms with Gasteiger partial charge in [-0.25, -0.2) is 8.42 Å². The lowest BCUT2D eigenvalue weighted by Crippen LogP contribution is -2.62. The topological polar surface area (TPSA) is 74.8 Å². The number of imide groups is 1. The summed E-state index contributed by atoms with van der Waals surface area (Å²) in [5.41, 5.74) is 0. The van der Waals surface area contributed by atoms with Gasteiger partial charge in [0.2, 0.25) is 21.8 Å². The quantitative estimate of drug-likeness (QED) is 0.561. The van der Waals surface area contributed by atoms with E-state index in [2.05, 4.69) is 0 Å². The van der Waals surface area contributed by atoms with E-state index in [9.17, 15) is 18.0 Å². The van der Waals surface area contributed by atoms with Crippen molar-refractivity contribution in [3.8, 4) is 0 Å². The van der Waals surface area contributed by atoms with Crippen LogP contribution in [0.4, 0.5) is 0 Å². The van der Waals surface area contributed by atoms with Crippen LogP contribution in [0.15, 0.2) is 35.2 Å². The molecule has 0 radical (unpaired) electrons. The lowest BCUT2D eigenvalue weighted by atomic mass is 9.85. The van der Waals surface area contributed by atoms with Crippen molar-refractivity contribution in [2.45, 2.75) is 23.8 Å². The van der Waals surface area contributed by atoms with Crippen LogP contribution in [0.2, 0.25) is 10.0 Å². The summed E-state index contributed by atoms with van der Waals surface area (Å²) in [5, 5.41) is 0.356. The summed E-state index contributed by atoms with van der Waals surface area (Å²) < 4.78 is 26.7. The lowest BCUT2D eigenvalue weighted by molar-refractivity contribution is -0.145. The van der Waals surface area contributed by atoms with Gasteiger partial charge in [-0.3, -0.25) is 14.5 Å².